The molecule has 1 unspecified atom stereocenters. The second-order valence-electron chi connectivity index (χ2n) is 5.85. The van der Waals surface area contributed by atoms with E-state index in [0.717, 1.165) is 38.2 Å². The summed E-state index contributed by atoms with van der Waals surface area (Å²) in [6.07, 6.45) is 0.880. The Kier molecular flexibility index (Phi) is 5.32. The molecule has 1 fully saturated rings. The summed E-state index contributed by atoms with van der Waals surface area (Å²) < 4.78 is 0. The van der Waals surface area contributed by atoms with Crippen molar-refractivity contribution >= 4 is 5.78 Å². The predicted octanol–water partition coefficient (Wildman–Crippen LogP) is 2.68. The molecule has 0 radical (unpaired) electrons. The Labute approximate surface area is 122 Å². The summed E-state index contributed by atoms with van der Waals surface area (Å²) in [4.78, 5) is 15.0. The normalized spacial score (nSPS) is 18.2. The van der Waals surface area contributed by atoms with Crippen LogP contribution in [0.4, 0.5) is 0 Å². The van der Waals surface area contributed by atoms with Crippen molar-refractivity contribution in [2.75, 3.05) is 26.2 Å². The van der Waals surface area contributed by atoms with Crippen molar-refractivity contribution in [3.8, 4) is 0 Å². The number of nitrogens with one attached hydrogen (secondary N) is 1. The van der Waals surface area contributed by atoms with Crippen molar-refractivity contribution in [1.82, 2.24) is 10.2 Å². The van der Waals surface area contributed by atoms with Crippen LogP contribution in [0.3, 0.4) is 0 Å². The van der Waals surface area contributed by atoms with Crippen LogP contribution < -0.4 is 5.32 Å². The Morgan fingerprint density at radius 2 is 1.80 bits per heavy atom. The van der Waals surface area contributed by atoms with Crippen molar-refractivity contribution < 1.29 is 4.79 Å². The minimum absolute atomic E-state index is 0.0296. The number of ketones is 1. The quantitative estimate of drug-likeness (QED) is 0.838. The van der Waals surface area contributed by atoms with E-state index in [4.69, 9.17) is 0 Å². The lowest BCUT2D eigenvalue weighted by molar-refractivity contribution is 0.0790. The topological polar surface area (TPSA) is 32.3 Å². The van der Waals surface area contributed by atoms with Crippen LogP contribution in [0.15, 0.2) is 24.3 Å². The van der Waals surface area contributed by atoms with Gasteiger partial charge in [0.05, 0.1) is 6.04 Å². The van der Waals surface area contributed by atoms with E-state index < -0.39 is 0 Å². The van der Waals surface area contributed by atoms with Gasteiger partial charge in [-0.3, -0.25) is 9.69 Å². The molecule has 20 heavy (non-hydrogen) atoms. The van der Waals surface area contributed by atoms with Gasteiger partial charge < -0.3 is 5.32 Å². The van der Waals surface area contributed by atoms with Gasteiger partial charge in [0.2, 0.25) is 0 Å². The van der Waals surface area contributed by atoms with Gasteiger partial charge in [-0.2, -0.15) is 0 Å². The molecule has 0 spiro atoms. The first-order valence-corrected chi connectivity index (χ1v) is 7.72. The van der Waals surface area contributed by atoms with Crippen LogP contribution in [0.25, 0.3) is 0 Å². The average Bonchev–Trinajstić information content (AvgIpc) is 2.49. The fraction of sp³-hybridized carbons (Fsp3) is 0.588. The zero-order valence-corrected chi connectivity index (χ0v) is 12.9. The fourth-order valence-electron chi connectivity index (χ4n) is 2.83. The SMILES string of the molecule is CCC(C(=O)c1ccc(C(C)C)cc1)N1CCNCC1. The highest BCUT2D eigenvalue weighted by Gasteiger charge is 2.26. The van der Waals surface area contributed by atoms with Gasteiger partial charge in [0.25, 0.3) is 0 Å². The third-order valence-corrected chi connectivity index (χ3v) is 4.14. The standard InChI is InChI=1S/C17H26N2O/c1-4-16(19-11-9-18-10-12-19)17(20)15-7-5-14(6-8-15)13(2)3/h5-8,13,16,18H,4,9-12H2,1-3H3. The van der Waals surface area contributed by atoms with Crippen LogP contribution in [0.1, 0.15) is 49.0 Å². The number of hydrogen-bond acceptors (Lipinski definition) is 3. The molecule has 1 heterocycles. The molecule has 3 heteroatoms. The number of piperazine rings is 1. The summed E-state index contributed by atoms with van der Waals surface area (Å²) in [6.45, 7) is 10.3. The third-order valence-electron chi connectivity index (χ3n) is 4.14. The summed E-state index contributed by atoms with van der Waals surface area (Å²) >= 11 is 0. The minimum Gasteiger partial charge on any atom is -0.314 e. The molecule has 1 aliphatic heterocycles. The summed E-state index contributed by atoms with van der Waals surface area (Å²) in [5, 5.41) is 3.34. The Morgan fingerprint density at radius 1 is 1.20 bits per heavy atom. The number of carbonyl (C=O) groups is 1. The van der Waals surface area contributed by atoms with Crippen LogP contribution in [0.5, 0.6) is 0 Å². The van der Waals surface area contributed by atoms with E-state index >= 15 is 0 Å². The Balaban J connectivity index is 2.11. The zero-order valence-electron chi connectivity index (χ0n) is 12.9. The minimum atomic E-state index is 0.0296. The monoisotopic (exact) mass is 274 g/mol. The van der Waals surface area contributed by atoms with E-state index in [1.165, 1.54) is 5.56 Å². The van der Waals surface area contributed by atoms with Crippen molar-refractivity contribution in [2.45, 2.75) is 39.2 Å². The van der Waals surface area contributed by atoms with Gasteiger partial charge in [0.15, 0.2) is 5.78 Å². The largest absolute Gasteiger partial charge is 0.314 e. The highest BCUT2D eigenvalue weighted by Crippen LogP contribution is 2.18. The van der Waals surface area contributed by atoms with Gasteiger partial charge in [-0.15, -0.1) is 0 Å². The maximum absolute atomic E-state index is 12.7. The van der Waals surface area contributed by atoms with Gasteiger partial charge in [-0.1, -0.05) is 45.0 Å². The van der Waals surface area contributed by atoms with Gasteiger partial charge in [0.1, 0.15) is 0 Å². The number of carbonyl (C=O) groups excluding carboxylic acids is 1. The van der Waals surface area contributed by atoms with Gasteiger partial charge in [-0.25, -0.2) is 0 Å². The summed E-state index contributed by atoms with van der Waals surface area (Å²) in [6, 6.07) is 8.18. The first-order chi connectivity index (χ1) is 9.63. The first-order valence-electron chi connectivity index (χ1n) is 7.72. The van der Waals surface area contributed by atoms with E-state index in [9.17, 15) is 4.79 Å². The van der Waals surface area contributed by atoms with Gasteiger partial charge in [-0.05, 0) is 17.9 Å². The molecule has 1 atom stereocenters. The summed E-state index contributed by atoms with van der Waals surface area (Å²) in [5.74, 6) is 0.777. The molecular weight excluding hydrogens is 248 g/mol. The van der Waals surface area contributed by atoms with Crippen molar-refractivity contribution in [3.63, 3.8) is 0 Å². The third kappa shape index (κ3) is 3.47. The Morgan fingerprint density at radius 3 is 2.30 bits per heavy atom. The lowest BCUT2D eigenvalue weighted by atomic mass is 9.96. The second kappa shape index (κ2) is 7.00. The lowest BCUT2D eigenvalue weighted by Gasteiger charge is -2.33. The molecule has 2 rings (SSSR count). The molecule has 0 amide bonds. The first kappa shape index (κ1) is 15.2. The molecule has 1 saturated heterocycles. The molecule has 0 aromatic heterocycles. The number of hydrogen-bond donors (Lipinski definition) is 1. The molecule has 0 bridgehead atoms. The van der Waals surface area contributed by atoms with Crippen molar-refractivity contribution in [2.24, 2.45) is 0 Å². The molecule has 1 N–H and O–H groups in total. The van der Waals surface area contributed by atoms with Crippen molar-refractivity contribution in [1.29, 1.82) is 0 Å². The van der Waals surface area contributed by atoms with Gasteiger partial charge in [0, 0.05) is 31.7 Å². The molecule has 3 nitrogen and oxygen atoms in total. The molecule has 0 aliphatic carbocycles. The highest BCUT2D eigenvalue weighted by atomic mass is 16.1. The summed E-state index contributed by atoms with van der Waals surface area (Å²) in [7, 11) is 0. The molecule has 0 saturated carbocycles. The average molecular weight is 274 g/mol. The van der Waals surface area contributed by atoms with E-state index in [1.807, 2.05) is 12.1 Å². The fourth-order valence-corrected chi connectivity index (χ4v) is 2.83. The smallest absolute Gasteiger partial charge is 0.179 e. The lowest BCUT2D eigenvalue weighted by Crippen LogP contribution is -2.51. The maximum atomic E-state index is 12.7. The number of benzene rings is 1. The Hall–Kier alpha value is -1.19. The summed E-state index contributed by atoms with van der Waals surface area (Å²) in [5.41, 5.74) is 2.14. The van der Waals surface area contributed by atoms with E-state index in [-0.39, 0.29) is 11.8 Å². The second-order valence-corrected chi connectivity index (χ2v) is 5.85. The van der Waals surface area contributed by atoms with Crippen molar-refractivity contribution in [3.05, 3.63) is 35.4 Å². The van der Waals surface area contributed by atoms with E-state index in [0.29, 0.717) is 5.92 Å². The highest BCUT2D eigenvalue weighted by molar-refractivity contribution is 6.00. The molecule has 1 aliphatic rings. The maximum Gasteiger partial charge on any atom is 0.179 e. The molecule has 1 aromatic rings. The Bertz CT molecular complexity index is 433. The number of nitrogens with zero attached hydrogens (tertiary/aromatic N) is 1. The van der Waals surface area contributed by atoms with E-state index in [1.54, 1.807) is 0 Å². The van der Waals surface area contributed by atoms with Crippen LogP contribution >= 0.6 is 0 Å². The molecular formula is C17H26N2O. The molecule has 110 valence electrons. The predicted molar refractivity (Wildman–Crippen MR) is 83.4 cm³/mol. The zero-order chi connectivity index (χ0) is 14.5. The van der Waals surface area contributed by atoms with Crippen LogP contribution in [0, 0.1) is 0 Å². The number of Topliss-reactive ketones (excluding diaryl/α,β-unsaturated/α-hetero) is 1. The number of rotatable bonds is 5. The van der Waals surface area contributed by atoms with Crippen LogP contribution in [-0.2, 0) is 0 Å². The molecule has 1 aromatic carbocycles. The van der Waals surface area contributed by atoms with Crippen LogP contribution in [-0.4, -0.2) is 42.9 Å². The van der Waals surface area contributed by atoms with E-state index in [2.05, 4.69) is 43.1 Å². The van der Waals surface area contributed by atoms with Crippen LogP contribution in [0.2, 0.25) is 0 Å². The van der Waals surface area contributed by atoms with Gasteiger partial charge >= 0.3 is 0 Å².